The Labute approximate surface area is 238 Å². The number of carbonyl (C=O) groups is 3. The van der Waals surface area contributed by atoms with Crippen molar-refractivity contribution in [1.82, 2.24) is 20.5 Å². The van der Waals surface area contributed by atoms with E-state index in [1.165, 1.54) is 4.90 Å². The van der Waals surface area contributed by atoms with Gasteiger partial charge in [-0.1, -0.05) is 32.9 Å². The van der Waals surface area contributed by atoms with Crippen LogP contribution >= 0.6 is 11.3 Å². The van der Waals surface area contributed by atoms with Crippen LogP contribution in [0.2, 0.25) is 0 Å². The van der Waals surface area contributed by atoms with Gasteiger partial charge in [0.15, 0.2) is 5.67 Å². The lowest BCUT2D eigenvalue weighted by Gasteiger charge is -2.35. The van der Waals surface area contributed by atoms with E-state index in [2.05, 4.69) is 15.6 Å². The molecule has 2 fully saturated rings. The van der Waals surface area contributed by atoms with Crippen LogP contribution in [-0.4, -0.2) is 69.2 Å². The smallest absolute Gasteiger partial charge is 0.258 e. The number of likely N-dealkylation sites (tertiary alicyclic amines) is 1. The van der Waals surface area contributed by atoms with Gasteiger partial charge in [0.25, 0.3) is 5.91 Å². The van der Waals surface area contributed by atoms with Crippen molar-refractivity contribution in [3.63, 3.8) is 0 Å². The number of nitrogens with zero attached hydrogens (tertiary/aromatic N) is 2. The van der Waals surface area contributed by atoms with Crippen molar-refractivity contribution in [3.05, 3.63) is 35.0 Å². The number of amides is 3. The number of aromatic nitrogens is 1. The lowest BCUT2D eigenvalue weighted by molar-refractivity contribution is -0.145. The molecule has 40 heavy (non-hydrogen) atoms. The van der Waals surface area contributed by atoms with Crippen LogP contribution in [0.5, 0.6) is 5.75 Å². The highest BCUT2D eigenvalue weighted by Gasteiger charge is 2.53. The fourth-order valence-electron chi connectivity index (χ4n) is 4.80. The molecule has 1 aromatic heterocycles. The second-order valence-corrected chi connectivity index (χ2v) is 13.0. The van der Waals surface area contributed by atoms with Crippen LogP contribution in [-0.2, 0) is 20.9 Å². The van der Waals surface area contributed by atoms with E-state index in [1.54, 1.807) is 37.6 Å². The van der Waals surface area contributed by atoms with Crippen molar-refractivity contribution in [3.8, 4) is 16.2 Å². The van der Waals surface area contributed by atoms with Gasteiger partial charge in [-0.3, -0.25) is 14.4 Å². The van der Waals surface area contributed by atoms with Crippen LogP contribution in [0.4, 0.5) is 4.39 Å². The molecule has 9 nitrogen and oxygen atoms in total. The molecule has 218 valence electrons. The fourth-order valence-corrected chi connectivity index (χ4v) is 5.60. The summed E-state index contributed by atoms with van der Waals surface area (Å²) in [5.74, 6) is -1.12. The average molecular weight is 575 g/mol. The number of thiazole rings is 1. The number of carbonyl (C=O) groups excluding carboxylic acids is 3. The first-order chi connectivity index (χ1) is 18.7. The first-order valence-electron chi connectivity index (χ1n) is 13.7. The van der Waals surface area contributed by atoms with Gasteiger partial charge in [0.2, 0.25) is 11.8 Å². The molecule has 0 unspecified atom stereocenters. The van der Waals surface area contributed by atoms with Crippen LogP contribution < -0.4 is 15.4 Å². The molecule has 2 aliphatic rings. The van der Waals surface area contributed by atoms with Crippen molar-refractivity contribution in [2.24, 2.45) is 5.41 Å². The van der Waals surface area contributed by atoms with Gasteiger partial charge in [-0.05, 0) is 50.7 Å². The van der Waals surface area contributed by atoms with Crippen molar-refractivity contribution in [1.29, 1.82) is 0 Å². The number of aliphatic hydroxyl groups is 1. The zero-order valence-electron chi connectivity index (χ0n) is 23.9. The molecule has 3 atom stereocenters. The fraction of sp³-hybridized carbons (Fsp3) is 0.586. The predicted molar refractivity (Wildman–Crippen MR) is 150 cm³/mol. The molecular weight excluding hydrogens is 535 g/mol. The van der Waals surface area contributed by atoms with E-state index in [0.29, 0.717) is 5.75 Å². The Balaban J connectivity index is 1.49. The van der Waals surface area contributed by atoms with Gasteiger partial charge < -0.3 is 25.4 Å². The third-order valence-electron chi connectivity index (χ3n) is 7.24. The molecule has 1 saturated carbocycles. The molecule has 4 rings (SSSR count). The molecule has 1 aliphatic heterocycles. The first-order valence-corrected chi connectivity index (χ1v) is 14.5. The number of halogens is 1. The molecule has 1 aromatic carbocycles. The van der Waals surface area contributed by atoms with Gasteiger partial charge in [-0.2, -0.15) is 0 Å². The zero-order chi connectivity index (χ0) is 29.4. The number of nitrogens with one attached hydrogen (secondary N) is 2. The quantitative estimate of drug-likeness (QED) is 0.422. The minimum Gasteiger partial charge on any atom is -0.491 e. The van der Waals surface area contributed by atoms with Crippen molar-refractivity contribution in [2.75, 3.05) is 6.54 Å². The van der Waals surface area contributed by atoms with Gasteiger partial charge in [0.05, 0.1) is 28.3 Å². The van der Waals surface area contributed by atoms with E-state index in [0.717, 1.165) is 21.7 Å². The molecule has 1 saturated heterocycles. The lowest BCUT2D eigenvalue weighted by Crippen LogP contribution is -2.59. The molecule has 1 aliphatic carbocycles. The van der Waals surface area contributed by atoms with Crippen LogP contribution in [0.15, 0.2) is 23.7 Å². The third-order valence-corrected chi connectivity index (χ3v) is 8.22. The summed E-state index contributed by atoms with van der Waals surface area (Å²) < 4.78 is 20.4. The van der Waals surface area contributed by atoms with E-state index in [-0.39, 0.29) is 38.5 Å². The van der Waals surface area contributed by atoms with Gasteiger partial charge in [-0.25, -0.2) is 9.37 Å². The Morgan fingerprint density at radius 1 is 1.27 bits per heavy atom. The van der Waals surface area contributed by atoms with E-state index in [9.17, 15) is 23.9 Å². The van der Waals surface area contributed by atoms with Crippen molar-refractivity contribution >= 4 is 29.1 Å². The maximum Gasteiger partial charge on any atom is 0.258 e. The first kappa shape index (κ1) is 29.9. The molecule has 3 amide bonds. The van der Waals surface area contributed by atoms with Gasteiger partial charge in [0.1, 0.15) is 17.8 Å². The van der Waals surface area contributed by atoms with E-state index in [1.807, 2.05) is 39.0 Å². The highest BCUT2D eigenvalue weighted by atomic mass is 32.1. The normalized spacial score (nSPS) is 20.8. The van der Waals surface area contributed by atoms with E-state index in [4.69, 9.17) is 4.74 Å². The number of alkyl halides is 1. The molecule has 11 heteroatoms. The number of aliphatic hydroxyl groups excluding tert-OH is 1. The minimum atomic E-state index is -1.94. The number of benzene rings is 1. The monoisotopic (exact) mass is 574 g/mol. The number of hydrogen-bond donors (Lipinski definition) is 3. The highest BCUT2D eigenvalue weighted by Crippen LogP contribution is 2.40. The van der Waals surface area contributed by atoms with Crippen molar-refractivity contribution in [2.45, 2.75) is 97.3 Å². The summed E-state index contributed by atoms with van der Waals surface area (Å²) in [6, 6.07) is 3.80. The molecule has 2 heterocycles. The molecular formula is C29H39FN4O5S. The van der Waals surface area contributed by atoms with Gasteiger partial charge in [0, 0.05) is 25.1 Å². The molecule has 0 bridgehead atoms. The Morgan fingerprint density at radius 2 is 1.98 bits per heavy atom. The molecule has 0 spiro atoms. The Kier molecular flexibility index (Phi) is 8.56. The number of β-amino-alcohol motifs (C(OH)–C–C–N with tert-alkyl or cyclic N) is 1. The summed E-state index contributed by atoms with van der Waals surface area (Å²) >= 11 is 1.54. The Morgan fingerprint density at radius 3 is 2.55 bits per heavy atom. The maximum absolute atomic E-state index is 14.4. The minimum absolute atomic E-state index is 0.0508. The summed E-state index contributed by atoms with van der Waals surface area (Å²) in [7, 11) is 0. The largest absolute Gasteiger partial charge is 0.491 e. The highest BCUT2D eigenvalue weighted by molar-refractivity contribution is 7.13. The number of ether oxygens (including phenoxy) is 1. The number of hydrogen-bond acceptors (Lipinski definition) is 7. The number of rotatable bonds is 9. The summed E-state index contributed by atoms with van der Waals surface area (Å²) in [5.41, 5.74) is 1.78. The summed E-state index contributed by atoms with van der Waals surface area (Å²) in [5, 5.41) is 15.9. The van der Waals surface area contributed by atoms with Crippen LogP contribution in [0.3, 0.4) is 0 Å². The molecule has 3 N–H and O–H groups in total. The molecule has 0 radical (unpaired) electrons. The van der Waals surface area contributed by atoms with Gasteiger partial charge >= 0.3 is 0 Å². The zero-order valence-corrected chi connectivity index (χ0v) is 24.7. The second-order valence-electron chi connectivity index (χ2n) is 12.1. The Bertz CT molecular complexity index is 1270. The van der Waals surface area contributed by atoms with Crippen LogP contribution in [0.25, 0.3) is 10.4 Å². The molecule has 2 aromatic rings. The lowest BCUT2D eigenvalue weighted by atomic mass is 9.85. The SMILES string of the molecule is Cc1ncsc1-c1ccc(CNC(=O)[C@@H]2C[C@H](O)CN2C(=O)[C@@H](NC(=O)C2(F)CC2)C(C)(C)C)c(OC(C)C)c1. The van der Waals surface area contributed by atoms with Gasteiger partial charge in [-0.15, -0.1) is 11.3 Å². The number of aryl methyl sites for hydroxylation is 1. The summed E-state index contributed by atoms with van der Waals surface area (Å²) in [6.45, 7) is 11.2. The van der Waals surface area contributed by atoms with E-state index >= 15 is 0 Å². The predicted octanol–water partition coefficient (Wildman–Crippen LogP) is 3.52. The third kappa shape index (κ3) is 6.63. The van der Waals surface area contributed by atoms with Crippen molar-refractivity contribution < 1.29 is 28.6 Å². The van der Waals surface area contributed by atoms with Crippen LogP contribution in [0, 0.1) is 12.3 Å². The standard InChI is InChI=1S/C29H39FN4O5S/c1-16(2)39-22-11-18(23-17(3)32-15-40-23)7-8-19(22)13-31-25(36)21-12-20(35)14-34(21)26(37)24(28(4,5)6)33-27(38)29(30)9-10-29/h7-8,11,15-16,20-21,24,35H,9-10,12-14H2,1-6H3,(H,31,36)(H,33,38)/t20-,21-,24+/m0/s1. The summed E-state index contributed by atoms with van der Waals surface area (Å²) in [6.07, 6.45) is -0.660. The topological polar surface area (TPSA) is 121 Å². The Hall–Kier alpha value is -3.05. The second kappa shape index (κ2) is 11.4. The summed E-state index contributed by atoms with van der Waals surface area (Å²) in [4.78, 5) is 46.1. The van der Waals surface area contributed by atoms with Crippen LogP contribution in [0.1, 0.15) is 65.1 Å². The maximum atomic E-state index is 14.4. The average Bonchev–Trinajstić information content (AvgIpc) is 3.28. The van der Waals surface area contributed by atoms with E-state index < -0.39 is 47.0 Å².